The summed E-state index contributed by atoms with van der Waals surface area (Å²) in [5.74, 6) is 0.992. The zero-order valence-electron chi connectivity index (χ0n) is 13.8. The topological polar surface area (TPSA) is 82.7 Å². The van der Waals surface area contributed by atoms with Gasteiger partial charge < -0.3 is 15.2 Å². The number of anilines is 1. The van der Waals surface area contributed by atoms with E-state index in [2.05, 4.69) is 21.7 Å². The van der Waals surface area contributed by atoms with Gasteiger partial charge in [0.25, 0.3) is 0 Å². The third kappa shape index (κ3) is 3.89. The van der Waals surface area contributed by atoms with Gasteiger partial charge in [-0.25, -0.2) is 9.78 Å². The summed E-state index contributed by atoms with van der Waals surface area (Å²) in [6, 6.07) is 6.85. The van der Waals surface area contributed by atoms with Crippen LogP contribution in [-0.2, 0) is 7.05 Å². The molecule has 0 spiro atoms. The number of urea groups is 1. The third-order valence-corrected chi connectivity index (χ3v) is 3.71. The predicted octanol–water partition coefficient (Wildman–Crippen LogP) is 3.12. The van der Waals surface area contributed by atoms with Crippen LogP contribution in [0.1, 0.15) is 36.8 Å². The molecule has 0 fully saturated rings. The summed E-state index contributed by atoms with van der Waals surface area (Å²) in [5.41, 5.74) is 2.02. The predicted molar refractivity (Wildman–Crippen MR) is 88.8 cm³/mol. The molecule has 0 saturated heterocycles. The average molecular weight is 311 g/mol. The van der Waals surface area contributed by atoms with Gasteiger partial charge in [0.2, 0.25) is 0 Å². The number of imidazole rings is 1. The lowest BCUT2D eigenvalue weighted by Gasteiger charge is -2.22. The maximum Gasteiger partial charge on any atom is 0.319 e. The Hall–Kier alpha value is -2.81. The highest BCUT2D eigenvalue weighted by molar-refractivity contribution is 5.89. The fourth-order valence-electron chi connectivity index (χ4n) is 2.33. The summed E-state index contributed by atoms with van der Waals surface area (Å²) >= 11 is 0. The first-order chi connectivity index (χ1) is 10.9. The zero-order valence-corrected chi connectivity index (χ0v) is 13.8. The third-order valence-electron chi connectivity index (χ3n) is 3.71. The maximum atomic E-state index is 12.3. The van der Waals surface area contributed by atoms with Gasteiger partial charge in [0.05, 0.1) is 17.7 Å². The molecule has 2 amide bonds. The van der Waals surface area contributed by atoms with Crippen LogP contribution in [0, 0.1) is 24.2 Å². The molecule has 6 nitrogen and oxygen atoms in total. The van der Waals surface area contributed by atoms with Gasteiger partial charge in [-0.05, 0) is 30.5 Å². The van der Waals surface area contributed by atoms with E-state index in [1.165, 1.54) is 0 Å². The largest absolute Gasteiger partial charge is 0.336 e. The zero-order chi connectivity index (χ0) is 17.0. The molecule has 1 aromatic heterocycles. The Balaban J connectivity index is 2.11. The van der Waals surface area contributed by atoms with E-state index in [1.807, 2.05) is 44.6 Å². The molecule has 0 unspecified atom stereocenters. The lowest BCUT2D eigenvalue weighted by Crippen LogP contribution is -2.36. The van der Waals surface area contributed by atoms with Gasteiger partial charge in [-0.2, -0.15) is 5.26 Å². The molecule has 1 atom stereocenters. The molecule has 0 aliphatic carbocycles. The minimum absolute atomic E-state index is 0.189. The van der Waals surface area contributed by atoms with E-state index in [9.17, 15) is 4.79 Å². The average Bonchev–Trinajstić information content (AvgIpc) is 2.92. The van der Waals surface area contributed by atoms with Crippen LogP contribution in [0.25, 0.3) is 0 Å². The van der Waals surface area contributed by atoms with Crippen LogP contribution in [0.4, 0.5) is 10.5 Å². The van der Waals surface area contributed by atoms with Crippen molar-refractivity contribution in [1.82, 2.24) is 14.9 Å². The Bertz CT molecular complexity index is 742. The number of aryl methyl sites for hydroxylation is 2. The van der Waals surface area contributed by atoms with E-state index in [-0.39, 0.29) is 18.0 Å². The Morgan fingerprint density at radius 2 is 2.13 bits per heavy atom. The van der Waals surface area contributed by atoms with E-state index in [1.54, 1.807) is 18.3 Å². The molecule has 23 heavy (non-hydrogen) atoms. The Labute approximate surface area is 136 Å². The van der Waals surface area contributed by atoms with E-state index in [4.69, 9.17) is 5.26 Å². The number of nitrogens with zero attached hydrogens (tertiary/aromatic N) is 3. The van der Waals surface area contributed by atoms with Crippen molar-refractivity contribution in [2.45, 2.75) is 26.8 Å². The van der Waals surface area contributed by atoms with E-state index < -0.39 is 0 Å². The molecule has 1 aromatic carbocycles. The lowest BCUT2D eigenvalue weighted by molar-refractivity contribution is 0.243. The summed E-state index contributed by atoms with van der Waals surface area (Å²) < 4.78 is 1.89. The first kappa shape index (κ1) is 16.6. The molecule has 2 N–H and O–H groups in total. The van der Waals surface area contributed by atoms with Crippen molar-refractivity contribution in [1.29, 1.82) is 5.26 Å². The van der Waals surface area contributed by atoms with Gasteiger partial charge in [-0.15, -0.1) is 0 Å². The SMILES string of the molecule is Cc1ccc(NC(=O)N[C@H](c2nccn2C)C(C)C)cc1C#N. The van der Waals surface area contributed by atoms with Gasteiger partial charge in [0.1, 0.15) is 5.82 Å². The number of aromatic nitrogens is 2. The first-order valence-electron chi connectivity index (χ1n) is 7.48. The number of hydrogen-bond acceptors (Lipinski definition) is 3. The number of amides is 2. The maximum absolute atomic E-state index is 12.3. The Morgan fingerprint density at radius 3 is 2.70 bits per heavy atom. The quantitative estimate of drug-likeness (QED) is 0.910. The molecule has 1 heterocycles. The second-order valence-electron chi connectivity index (χ2n) is 5.86. The van der Waals surface area contributed by atoms with Crippen molar-refractivity contribution >= 4 is 11.7 Å². The van der Waals surface area contributed by atoms with E-state index in [0.29, 0.717) is 11.3 Å². The van der Waals surface area contributed by atoms with Crippen LogP contribution in [0.5, 0.6) is 0 Å². The van der Waals surface area contributed by atoms with Crippen molar-refractivity contribution in [3.63, 3.8) is 0 Å². The van der Waals surface area contributed by atoms with E-state index >= 15 is 0 Å². The van der Waals surface area contributed by atoms with Crippen LogP contribution in [0.2, 0.25) is 0 Å². The molecule has 0 aliphatic heterocycles. The first-order valence-corrected chi connectivity index (χ1v) is 7.48. The molecule has 0 saturated carbocycles. The fourth-order valence-corrected chi connectivity index (χ4v) is 2.33. The molecular weight excluding hydrogens is 290 g/mol. The summed E-state index contributed by atoms with van der Waals surface area (Å²) in [6.45, 7) is 5.91. The van der Waals surface area contributed by atoms with Gasteiger partial charge in [-0.3, -0.25) is 0 Å². The van der Waals surface area contributed by atoms with Crippen molar-refractivity contribution in [3.8, 4) is 6.07 Å². The highest BCUT2D eigenvalue weighted by Gasteiger charge is 2.22. The van der Waals surface area contributed by atoms with Gasteiger partial charge in [0, 0.05) is 25.1 Å². The monoisotopic (exact) mass is 311 g/mol. The minimum atomic E-state index is -0.320. The Kier molecular flexibility index (Phi) is 5.02. The summed E-state index contributed by atoms with van der Waals surface area (Å²) in [6.07, 6.45) is 3.56. The molecule has 0 bridgehead atoms. The number of rotatable bonds is 4. The fraction of sp³-hybridized carbons (Fsp3) is 0.353. The summed E-state index contributed by atoms with van der Waals surface area (Å²) in [5, 5.41) is 14.8. The number of hydrogen-bond donors (Lipinski definition) is 2. The van der Waals surface area contributed by atoms with Crippen molar-refractivity contribution < 1.29 is 4.79 Å². The number of benzene rings is 1. The second kappa shape index (κ2) is 6.97. The minimum Gasteiger partial charge on any atom is -0.336 e. The molecule has 120 valence electrons. The van der Waals surface area contributed by atoms with Crippen LogP contribution in [-0.4, -0.2) is 15.6 Å². The van der Waals surface area contributed by atoms with Crippen LogP contribution >= 0.6 is 0 Å². The molecular formula is C17H21N5O. The number of nitrogens with one attached hydrogen (secondary N) is 2. The summed E-state index contributed by atoms with van der Waals surface area (Å²) in [7, 11) is 1.90. The van der Waals surface area contributed by atoms with Crippen LogP contribution < -0.4 is 10.6 Å². The molecule has 0 aliphatic rings. The van der Waals surface area contributed by atoms with Crippen molar-refractivity contribution in [2.75, 3.05) is 5.32 Å². The number of carbonyl (C=O) groups excluding carboxylic acids is 1. The highest BCUT2D eigenvalue weighted by atomic mass is 16.2. The normalized spacial score (nSPS) is 11.8. The number of nitriles is 1. The highest BCUT2D eigenvalue weighted by Crippen LogP contribution is 2.20. The van der Waals surface area contributed by atoms with Gasteiger partial charge in [-0.1, -0.05) is 19.9 Å². The molecule has 2 rings (SSSR count). The van der Waals surface area contributed by atoms with Crippen LogP contribution in [0.15, 0.2) is 30.6 Å². The van der Waals surface area contributed by atoms with Crippen LogP contribution in [0.3, 0.4) is 0 Å². The smallest absolute Gasteiger partial charge is 0.319 e. The second-order valence-corrected chi connectivity index (χ2v) is 5.86. The van der Waals surface area contributed by atoms with Crippen molar-refractivity contribution in [2.24, 2.45) is 13.0 Å². The molecule has 6 heteroatoms. The van der Waals surface area contributed by atoms with Gasteiger partial charge in [0.15, 0.2) is 0 Å². The Morgan fingerprint density at radius 1 is 1.39 bits per heavy atom. The van der Waals surface area contributed by atoms with Crippen molar-refractivity contribution in [3.05, 3.63) is 47.5 Å². The standard InChI is InChI=1S/C17H21N5O/c1-11(2)15(16-19-7-8-22(16)4)21-17(23)20-14-6-5-12(3)13(9-14)10-18/h5-9,11,15H,1-4H3,(H2,20,21,23)/t15-/m0/s1. The lowest BCUT2D eigenvalue weighted by atomic mass is 10.0. The summed E-state index contributed by atoms with van der Waals surface area (Å²) in [4.78, 5) is 16.6. The molecule has 2 aromatic rings. The number of carbonyl (C=O) groups is 1. The molecule has 0 radical (unpaired) electrons. The van der Waals surface area contributed by atoms with E-state index in [0.717, 1.165) is 11.4 Å². The van der Waals surface area contributed by atoms with Gasteiger partial charge >= 0.3 is 6.03 Å².